The topological polar surface area (TPSA) is 75.8 Å². The van der Waals surface area contributed by atoms with E-state index in [2.05, 4.69) is 0 Å². The number of hydrogen-bond donors (Lipinski definition) is 2. The minimum absolute atomic E-state index is 0.316. The van der Waals surface area contributed by atoms with E-state index in [9.17, 15) is 0 Å². The molecule has 11 heavy (non-hydrogen) atoms. The summed E-state index contributed by atoms with van der Waals surface area (Å²) in [5.41, 5.74) is 13.0. The van der Waals surface area contributed by atoms with Gasteiger partial charge in [0.25, 0.3) is 0 Å². The van der Waals surface area contributed by atoms with Crippen LogP contribution in [0, 0.1) is 11.3 Å². The van der Waals surface area contributed by atoms with Crippen LogP contribution in [0.1, 0.15) is 5.56 Å². The van der Waals surface area contributed by atoms with Crippen LogP contribution in [-0.4, -0.2) is 0 Å². The molecule has 0 aliphatic heterocycles. The van der Waals surface area contributed by atoms with Crippen LogP contribution in [0.15, 0.2) is 18.2 Å². The first kappa shape index (κ1) is 7.42. The van der Waals surface area contributed by atoms with Crippen LogP contribution in [0.25, 0.3) is 0 Å². The van der Waals surface area contributed by atoms with Crippen LogP contribution in [0.4, 0.5) is 11.4 Å². The minimum atomic E-state index is 0.316. The quantitative estimate of drug-likeness (QED) is 0.580. The molecule has 0 unspecified atom stereocenters. The van der Waals surface area contributed by atoms with E-state index in [4.69, 9.17) is 16.7 Å². The normalized spacial score (nSPS) is 9.00. The average molecular weight is 147 g/mol. The summed E-state index contributed by atoms with van der Waals surface area (Å²) >= 11 is 0. The Morgan fingerprint density at radius 3 is 2.73 bits per heavy atom. The lowest BCUT2D eigenvalue weighted by molar-refractivity contribution is 1.27. The Labute approximate surface area is 65.2 Å². The highest BCUT2D eigenvalue weighted by molar-refractivity contribution is 5.67. The van der Waals surface area contributed by atoms with Gasteiger partial charge < -0.3 is 11.5 Å². The molecule has 1 aromatic rings. The number of nitrogens with two attached hydrogens (primary N) is 2. The van der Waals surface area contributed by atoms with Gasteiger partial charge >= 0.3 is 0 Å². The lowest BCUT2D eigenvalue weighted by atomic mass is 10.1. The Balaban J connectivity index is 3.08. The summed E-state index contributed by atoms with van der Waals surface area (Å²) < 4.78 is 0. The predicted octanol–water partition coefficient (Wildman–Crippen LogP) is 0.917. The molecule has 0 heterocycles. The van der Waals surface area contributed by atoms with Gasteiger partial charge in [-0.25, -0.2) is 0 Å². The third-order valence-corrected chi connectivity index (χ3v) is 1.50. The number of rotatable bonds is 1. The van der Waals surface area contributed by atoms with Gasteiger partial charge in [0.05, 0.1) is 23.9 Å². The fourth-order valence-electron chi connectivity index (χ4n) is 0.872. The molecular formula is C8H9N3. The maximum Gasteiger partial charge on any atom is 0.0670 e. The third-order valence-electron chi connectivity index (χ3n) is 1.50. The van der Waals surface area contributed by atoms with E-state index < -0.39 is 0 Å². The van der Waals surface area contributed by atoms with Crippen molar-refractivity contribution < 1.29 is 0 Å². The monoisotopic (exact) mass is 147 g/mol. The molecule has 0 atom stereocenters. The highest BCUT2D eigenvalue weighted by Crippen LogP contribution is 2.19. The molecule has 1 rings (SSSR count). The van der Waals surface area contributed by atoms with Crippen molar-refractivity contribution in [2.75, 3.05) is 11.5 Å². The van der Waals surface area contributed by atoms with Gasteiger partial charge in [-0.1, -0.05) is 12.1 Å². The molecule has 0 fully saturated rings. The summed E-state index contributed by atoms with van der Waals surface area (Å²) in [4.78, 5) is 0. The summed E-state index contributed by atoms with van der Waals surface area (Å²) in [5.74, 6) is 0. The van der Waals surface area contributed by atoms with Crippen LogP contribution in [0.2, 0.25) is 0 Å². The van der Waals surface area contributed by atoms with Gasteiger partial charge in [-0.15, -0.1) is 0 Å². The minimum Gasteiger partial charge on any atom is -0.397 e. The molecule has 0 aliphatic rings. The number of hydrogen-bond acceptors (Lipinski definition) is 3. The van der Waals surface area contributed by atoms with E-state index in [0.717, 1.165) is 5.56 Å². The number of anilines is 2. The highest BCUT2D eigenvalue weighted by atomic mass is 14.7. The van der Waals surface area contributed by atoms with Crippen LogP contribution in [0.3, 0.4) is 0 Å². The van der Waals surface area contributed by atoms with Gasteiger partial charge in [-0.3, -0.25) is 0 Å². The molecule has 4 N–H and O–H groups in total. The van der Waals surface area contributed by atoms with Crippen molar-refractivity contribution in [2.24, 2.45) is 0 Å². The Morgan fingerprint density at radius 1 is 1.36 bits per heavy atom. The molecule has 56 valence electrons. The number of nitrogens with zero attached hydrogens (tertiary/aromatic N) is 1. The van der Waals surface area contributed by atoms with Crippen molar-refractivity contribution in [1.29, 1.82) is 5.26 Å². The zero-order valence-corrected chi connectivity index (χ0v) is 6.04. The Hall–Kier alpha value is -1.69. The summed E-state index contributed by atoms with van der Waals surface area (Å²) in [6, 6.07) is 7.33. The van der Waals surface area contributed by atoms with Crippen LogP contribution >= 0.6 is 0 Å². The number of nitriles is 1. The highest BCUT2D eigenvalue weighted by Gasteiger charge is 1.99. The van der Waals surface area contributed by atoms with Gasteiger partial charge in [-0.05, 0) is 11.6 Å². The summed E-state index contributed by atoms with van der Waals surface area (Å²) in [7, 11) is 0. The van der Waals surface area contributed by atoms with Crippen molar-refractivity contribution in [3.05, 3.63) is 23.8 Å². The van der Waals surface area contributed by atoms with Gasteiger partial charge in [-0.2, -0.15) is 5.26 Å². The fourth-order valence-corrected chi connectivity index (χ4v) is 0.872. The maximum absolute atomic E-state index is 8.39. The van der Waals surface area contributed by atoms with Crippen molar-refractivity contribution >= 4 is 11.4 Å². The molecule has 0 saturated heterocycles. The Morgan fingerprint density at radius 2 is 2.09 bits per heavy atom. The lowest BCUT2D eigenvalue weighted by Crippen LogP contribution is -1.98. The Bertz CT molecular complexity index is 299. The van der Waals surface area contributed by atoms with E-state index in [-0.39, 0.29) is 0 Å². The molecular weight excluding hydrogens is 138 g/mol. The molecule has 3 nitrogen and oxygen atoms in total. The van der Waals surface area contributed by atoms with Crippen LogP contribution in [-0.2, 0) is 6.42 Å². The summed E-state index contributed by atoms with van der Waals surface area (Å²) in [6.45, 7) is 0. The van der Waals surface area contributed by atoms with E-state index in [1.807, 2.05) is 6.07 Å². The second kappa shape index (κ2) is 2.93. The second-order valence-corrected chi connectivity index (χ2v) is 2.25. The first-order chi connectivity index (χ1) is 5.25. The molecule has 0 spiro atoms. The van der Waals surface area contributed by atoms with Crippen LogP contribution < -0.4 is 11.5 Å². The van der Waals surface area contributed by atoms with Crippen molar-refractivity contribution in [1.82, 2.24) is 0 Å². The first-order valence-electron chi connectivity index (χ1n) is 3.25. The largest absolute Gasteiger partial charge is 0.397 e. The summed E-state index contributed by atoms with van der Waals surface area (Å²) in [6.07, 6.45) is 0.316. The standard InChI is InChI=1S/C8H9N3/c9-5-4-6-2-1-3-7(10)8(6)11/h1-3H,4,10-11H2. The molecule has 3 heteroatoms. The molecule has 0 aliphatic carbocycles. The zero-order chi connectivity index (χ0) is 8.27. The van der Waals surface area contributed by atoms with E-state index >= 15 is 0 Å². The van der Waals surface area contributed by atoms with Crippen molar-refractivity contribution in [3.63, 3.8) is 0 Å². The molecule has 0 radical (unpaired) electrons. The molecule has 0 amide bonds. The molecule has 0 saturated carbocycles. The smallest absolute Gasteiger partial charge is 0.0670 e. The lowest BCUT2D eigenvalue weighted by Gasteiger charge is -2.02. The predicted molar refractivity (Wildman–Crippen MR) is 44.6 cm³/mol. The fraction of sp³-hybridized carbons (Fsp3) is 0.125. The first-order valence-corrected chi connectivity index (χ1v) is 3.25. The maximum atomic E-state index is 8.39. The van der Waals surface area contributed by atoms with E-state index in [1.54, 1.807) is 18.2 Å². The third kappa shape index (κ3) is 1.41. The SMILES string of the molecule is N#CCc1cccc(N)c1N. The van der Waals surface area contributed by atoms with Crippen molar-refractivity contribution in [2.45, 2.75) is 6.42 Å². The number of para-hydroxylation sites is 1. The van der Waals surface area contributed by atoms with E-state index in [1.165, 1.54) is 0 Å². The molecule has 1 aromatic carbocycles. The number of nitrogen functional groups attached to an aromatic ring is 2. The molecule has 0 aromatic heterocycles. The van der Waals surface area contributed by atoms with Gasteiger partial charge in [0.15, 0.2) is 0 Å². The van der Waals surface area contributed by atoms with Gasteiger partial charge in [0.1, 0.15) is 0 Å². The van der Waals surface area contributed by atoms with Gasteiger partial charge in [0, 0.05) is 0 Å². The van der Waals surface area contributed by atoms with Crippen molar-refractivity contribution in [3.8, 4) is 6.07 Å². The van der Waals surface area contributed by atoms with Gasteiger partial charge in [0.2, 0.25) is 0 Å². The second-order valence-electron chi connectivity index (χ2n) is 2.25. The number of benzene rings is 1. The molecule has 0 bridgehead atoms. The summed E-state index contributed by atoms with van der Waals surface area (Å²) in [5, 5.41) is 8.39. The Kier molecular flexibility index (Phi) is 1.98. The zero-order valence-electron chi connectivity index (χ0n) is 6.04. The average Bonchev–Trinajstić information content (AvgIpc) is 1.99. The van der Waals surface area contributed by atoms with E-state index in [0.29, 0.717) is 17.8 Å². The van der Waals surface area contributed by atoms with Crippen LogP contribution in [0.5, 0.6) is 0 Å².